The molecule has 0 aliphatic heterocycles. The standard InChI is InChI=1S/C24H19S3/c1-25-17-21(18-11-5-2-6-12-18)24-22(19-13-7-3-8-14-19)23(26-27-24)20-15-9-4-10-16-20/h2-17H,1H3/q+1/b21-17-. The highest BCUT2D eigenvalue weighted by Crippen LogP contribution is 2.47. The van der Waals surface area contributed by atoms with Crippen LogP contribution in [0.1, 0.15) is 10.4 Å². The number of thioether (sulfide) groups is 1. The van der Waals surface area contributed by atoms with E-state index in [4.69, 9.17) is 0 Å². The lowest BCUT2D eigenvalue weighted by Gasteiger charge is -2.08. The quantitative estimate of drug-likeness (QED) is 0.239. The zero-order chi connectivity index (χ0) is 18.5. The van der Waals surface area contributed by atoms with Crippen molar-refractivity contribution >= 4 is 38.0 Å². The number of rotatable bonds is 5. The second-order valence-electron chi connectivity index (χ2n) is 6.07. The van der Waals surface area contributed by atoms with Crippen LogP contribution in [-0.2, 0) is 0 Å². The van der Waals surface area contributed by atoms with E-state index in [-0.39, 0.29) is 0 Å². The van der Waals surface area contributed by atoms with Crippen molar-refractivity contribution in [3.8, 4) is 21.6 Å². The summed E-state index contributed by atoms with van der Waals surface area (Å²) in [7, 11) is 3.73. The van der Waals surface area contributed by atoms with E-state index in [1.165, 1.54) is 37.6 Å². The Morgan fingerprint density at radius 1 is 0.778 bits per heavy atom. The fourth-order valence-corrected chi connectivity index (χ4v) is 6.55. The SMILES string of the molecule is CS/C=C(/c1ccccc1)c1s[s+]c(-c2ccccc2)c1-c1ccccc1. The van der Waals surface area contributed by atoms with Gasteiger partial charge in [0, 0.05) is 11.1 Å². The van der Waals surface area contributed by atoms with E-state index in [0.29, 0.717) is 0 Å². The van der Waals surface area contributed by atoms with E-state index in [1.54, 1.807) is 11.8 Å². The zero-order valence-electron chi connectivity index (χ0n) is 15.0. The van der Waals surface area contributed by atoms with Crippen molar-refractivity contribution in [3.05, 3.63) is 107 Å². The molecule has 0 aliphatic rings. The predicted molar refractivity (Wildman–Crippen MR) is 125 cm³/mol. The summed E-state index contributed by atoms with van der Waals surface area (Å²) in [5.74, 6) is 0. The smallest absolute Gasteiger partial charge is 0.137 e. The summed E-state index contributed by atoms with van der Waals surface area (Å²) < 4.78 is 0. The van der Waals surface area contributed by atoms with Crippen molar-refractivity contribution in [3.63, 3.8) is 0 Å². The van der Waals surface area contributed by atoms with Gasteiger partial charge in [-0.1, -0.05) is 78.9 Å². The Morgan fingerprint density at radius 2 is 1.33 bits per heavy atom. The Hall–Kier alpha value is -2.20. The van der Waals surface area contributed by atoms with Crippen molar-refractivity contribution in [1.29, 1.82) is 0 Å². The third-order valence-corrected chi connectivity index (χ3v) is 7.33. The minimum atomic E-state index is 1.26. The Bertz CT molecular complexity index is 1030. The largest absolute Gasteiger partial charge is 0.301 e. The van der Waals surface area contributed by atoms with Crippen LogP contribution in [0.15, 0.2) is 96.4 Å². The van der Waals surface area contributed by atoms with Crippen molar-refractivity contribution in [2.24, 2.45) is 0 Å². The van der Waals surface area contributed by atoms with Crippen molar-refractivity contribution in [1.82, 2.24) is 0 Å². The van der Waals surface area contributed by atoms with Gasteiger partial charge in [0.2, 0.25) is 0 Å². The van der Waals surface area contributed by atoms with Gasteiger partial charge in [-0.2, -0.15) is 0 Å². The molecule has 0 radical (unpaired) electrons. The Kier molecular flexibility index (Phi) is 5.83. The second kappa shape index (κ2) is 8.66. The summed E-state index contributed by atoms with van der Waals surface area (Å²) in [6, 6.07) is 32.2. The molecule has 0 atom stereocenters. The monoisotopic (exact) mass is 403 g/mol. The van der Waals surface area contributed by atoms with Crippen LogP contribution < -0.4 is 0 Å². The first kappa shape index (κ1) is 18.2. The minimum Gasteiger partial charge on any atom is -0.137 e. The maximum absolute atomic E-state index is 2.27. The predicted octanol–water partition coefficient (Wildman–Crippen LogP) is 8.18. The van der Waals surface area contributed by atoms with E-state index in [9.17, 15) is 0 Å². The van der Waals surface area contributed by atoms with Crippen LogP contribution in [0.4, 0.5) is 0 Å². The van der Waals surface area contributed by atoms with Crippen molar-refractivity contribution < 1.29 is 0 Å². The van der Waals surface area contributed by atoms with Gasteiger partial charge in [0.25, 0.3) is 4.88 Å². The van der Waals surface area contributed by atoms with Gasteiger partial charge < -0.3 is 0 Å². The lowest BCUT2D eigenvalue weighted by molar-refractivity contribution is 1.59. The lowest BCUT2D eigenvalue weighted by atomic mass is 9.96. The first-order chi connectivity index (χ1) is 13.4. The molecule has 0 fully saturated rings. The van der Waals surface area contributed by atoms with Crippen molar-refractivity contribution in [2.75, 3.05) is 6.26 Å². The normalized spacial score (nSPS) is 11.5. The Balaban J connectivity index is 1.96. The summed E-state index contributed by atoms with van der Waals surface area (Å²) in [4.78, 5) is 2.68. The van der Waals surface area contributed by atoms with Crippen LogP contribution in [0.3, 0.4) is 0 Å². The van der Waals surface area contributed by atoms with Crippen LogP contribution in [0.25, 0.3) is 27.1 Å². The van der Waals surface area contributed by atoms with Gasteiger partial charge in [-0.25, -0.2) is 0 Å². The highest BCUT2D eigenvalue weighted by Gasteiger charge is 2.28. The van der Waals surface area contributed by atoms with Crippen LogP contribution in [0.2, 0.25) is 0 Å². The molecule has 27 heavy (non-hydrogen) atoms. The van der Waals surface area contributed by atoms with E-state index >= 15 is 0 Å². The molecule has 3 aromatic carbocycles. The summed E-state index contributed by atoms with van der Waals surface area (Å²) in [6.45, 7) is 0. The maximum atomic E-state index is 2.27. The number of hydrogen-bond donors (Lipinski definition) is 0. The molecular weight excluding hydrogens is 384 g/mol. The molecule has 3 heteroatoms. The molecule has 1 aromatic heterocycles. The van der Waals surface area contributed by atoms with Gasteiger partial charge in [-0.05, 0) is 34.9 Å². The third-order valence-electron chi connectivity index (χ3n) is 4.33. The van der Waals surface area contributed by atoms with Crippen LogP contribution in [0.5, 0.6) is 0 Å². The molecule has 132 valence electrons. The molecule has 0 nitrogen and oxygen atoms in total. The molecule has 4 rings (SSSR count). The highest BCUT2D eigenvalue weighted by molar-refractivity contribution is 8.01. The van der Waals surface area contributed by atoms with Crippen LogP contribution in [0, 0.1) is 0 Å². The minimum absolute atomic E-state index is 1.26. The summed E-state index contributed by atoms with van der Waals surface area (Å²) in [5, 5.41) is 2.27. The fraction of sp³-hybridized carbons (Fsp3) is 0.0417. The molecule has 0 saturated carbocycles. The fourth-order valence-electron chi connectivity index (χ4n) is 3.09. The van der Waals surface area contributed by atoms with Crippen LogP contribution >= 0.6 is 32.4 Å². The first-order valence-corrected chi connectivity index (χ1v) is 12.2. The molecule has 0 spiro atoms. The summed E-state index contributed by atoms with van der Waals surface area (Å²) >= 11 is 1.76. The van der Waals surface area contributed by atoms with E-state index in [2.05, 4.69) is 103 Å². The maximum Gasteiger partial charge on any atom is 0.301 e. The van der Waals surface area contributed by atoms with Gasteiger partial charge in [0.05, 0.1) is 5.56 Å². The number of hydrogen-bond acceptors (Lipinski definition) is 2. The molecule has 0 saturated heterocycles. The highest BCUT2D eigenvalue weighted by atomic mass is 32.9. The van der Waals surface area contributed by atoms with Gasteiger partial charge in [-0.15, -0.1) is 11.8 Å². The molecular formula is C24H19S3+. The molecule has 0 amide bonds. The van der Waals surface area contributed by atoms with Gasteiger partial charge in [0.1, 0.15) is 4.88 Å². The van der Waals surface area contributed by atoms with E-state index in [0.717, 1.165) is 0 Å². The molecule has 1 heterocycles. The average molecular weight is 404 g/mol. The molecule has 4 aromatic rings. The third kappa shape index (κ3) is 3.91. The molecule has 0 aliphatic carbocycles. The molecule has 0 unspecified atom stereocenters. The summed E-state index contributed by atoms with van der Waals surface area (Å²) in [6.07, 6.45) is 2.13. The topological polar surface area (TPSA) is 0 Å². The van der Waals surface area contributed by atoms with E-state index < -0.39 is 0 Å². The average Bonchev–Trinajstić information content (AvgIpc) is 3.18. The molecule has 0 N–H and O–H groups in total. The molecule has 0 bridgehead atoms. The Morgan fingerprint density at radius 3 is 1.93 bits per heavy atom. The first-order valence-electron chi connectivity index (χ1n) is 8.74. The van der Waals surface area contributed by atoms with Crippen LogP contribution in [-0.4, -0.2) is 6.26 Å². The van der Waals surface area contributed by atoms with Gasteiger partial charge in [-0.3, -0.25) is 0 Å². The lowest BCUT2D eigenvalue weighted by Crippen LogP contribution is -1.89. The Labute approximate surface area is 172 Å². The van der Waals surface area contributed by atoms with Gasteiger partial charge >= 0.3 is 10.3 Å². The zero-order valence-corrected chi connectivity index (χ0v) is 17.4. The van der Waals surface area contributed by atoms with Crippen molar-refractivity contribution in [2.45, 2.75) is 0 Å². The van der Waals surface area contributed by atoms with E-state index in [1.807, 2.05) is 20.7 Å². The summed E-state index contributed by atoms with van der Waals surface area (Å²) in [5.41, 5.74) is 6.44. The number of benzene rings is 3. The second-order valence-corrected chi connectivity index (χ2v) is 8.92. The van der Waals surface area contributed by atoms with Gasteiger partial charge in [0.15, 0.2) is 10.3 Å².